The number of nitrogens with one attached hydrogen (secondary N) is 1. The van der Waals surface area contributed by atoms with E-state index in [4.69, 9.17) is 0 Å². The van der Waals surface area contributed by atoms with Gasteiger partial charge in [-0.2, -0.15) is 0 Å². The Balaban J connectivity index is 1.85. The molecule has 0 saturated carbocycles. The molecular formula is C22H27FN2O3S. The van der Waals surface area contributed by atoms with Crippen LogP contribution in [-0.2, 0) is 14.8 Å². The summed E-state index contributed by atoms with van der Waals surface area (Å²) in [6.45, 7) is 4.41. The van der Waals surface area contributed by atoms with Gasteiger partial charge in [-0.05, 0) is 36.6 Å². The molecule has 0 unspecified atom stereocenters. The second-order valence-electron chi connectivity index (χ2n) is 7.39. The van der Waals surface area contributed by atoms with E-state index in [0.717, 1.165) is 30.0 Å². The Labute approximate surface area is 172 Å². The highest BCUT2D eigenvalue weighted by Gasteiger charge is 2.36. The summed E-state index contributed by atoms with van der Waals surface area (Å²) < 4.78 is 41.3. The first kappa shape index (κ1) is 21.3. The van der Waals surface area contributed by atoms with Crippen molar-refractivity contribution in [3.63, 3.8) is 0 Å². The SMILES string of the molecule is CCCC[C@@H](CC)CNC(=O)CN1c2ccc(F)cc2-c2ccccc2S1(=O)=O. The number of carbonyl (C=O) groups excluding carboxylic acids is 1. The maximum Gasteiger partial charge on any atom is 0.265 e. The highest BCUT2D eigenvalue weighted by molar-refractivity contribution is 7.93. The summed E-state index contributed by atoms with van der Waals surface area (Å²) in [5.74, 6) is -0.443. The van der Waals surface area contributed by atoms with E-state index >= 15 is 0 Å². The molecule has 0 spiro atoms. The molecular weight excluding hydrogens is 391 g/mol. The predicted molar refractivity (Wildman–Crippen MR) is 113 cm³/mol. The third-order valence-electron chi connectivity index (χ3n) is 5.39. The lowest BCUT2D eigenvalue weighted by atomic mass is 9.99. The molecule has 1 aliphatic rings. The van der Waals surface area contributed by atoms with Crippen LogP contribution < -0.4 is 9.62 Å². The number of sulfonamides is 1. The number of carbonyl (C=O) groups is 1. The number of anilines is 1. The Kier molecular flexibility index (Phi) is 6.57. The van der Waals surface area contributed by atoms with Gasteiger partial charge in [0.15, 0.2) is 0 Å². The molecule has 5 nitrogen and oxygen atoms in total. The van der Waals surface area contributed by atoms with Crippen molar-refractivity contribution in [1.82, 2.24) is 5.32 Å². The van der Waals surface area contributed by atoms with Crippen LogP contribution in [0, 0.1) is 11.7 Å². The number of amides is 1. The van der Waals surface area contributed by atoms with Crippen LogP contribution >= 0.6 is 0 Å². The number of nitrogens with zero attached hydrogens (tertiary/aromatic N) is 1. The molecule has 29 heavy (non-hydrogen) atoms. The van der Waals surface area contributed by atoms with E-state index in [-0.39, 0.29) is 17.3 Å². The first-order valence-electron chi connectivity index (χ1n) is 10.1. The highest BCUT2D eigenvalue weighted by atomic mass is 32.2. The van der Waals surface area contributed by atoms with Crippen molar-refractivity contribution in [2.75, 3.05) is 17.4 Å². The van der Waals surface area contributed by atoms with Gasteiger partial charge in [-0.1, -0.05) is 51.3 Å². The fraction of sp³-hybridized carbons (Fsp3) is 0.409. The van der Waals surface area contributed by atoms with Gasteiger partial charge < -0.3 is 5.32 Å². The van der Waals surface area contributed by atoms with Gasteiger partial charge in [0.25, 0.3) is 10.0 Å². The second-order valence-corrected chi connectivity index (χ2v) is 9.22. The molecule has 0 radical (unpaired) electrons. The molecule has 3 rings (SSSR count). The van der Waals surface area contributed by atoms with Gasteiger partial charge in [0.05, 0.1) is 10.6 Å². The summed E-state index contributed by atoms with van der Waals surface area (Å²) in [6, 6.07) is 10.4. The monoisotopic (exact) mass is 418 g/mol. The Bertz CT molecular complexity index is 991. The van der Waals surface area contributed by atoms with E-state index in [2.05, 4.69) is 19.2 Å². The topological polar surface area (TPSA) is 66.5 Å². The predicted octanol–water partition coefficient (Wildman–Crippen LogP) is 4.33. The van der Waals surface area contributed by atoms with Gasteiger partial charge in [0, 0.05) is 17.7 Å². The van der Waals surface area contributed by atoms with Crippen LogP contribution in [0.5, 0.6) is 0 Å². The van der Waals surface area contributed by atoms with E-state index in [1.54, 1.807) is 18.2 Å². The Morgan fingerprint density at radius 2 is 1.90 bits per heavy atom. The standard InChI is InChI=1S/C22H27FN2O3S/c1-3-5-8-16(4-2)14-24-22(26)15-25-20-12-11-17(23)13-19(20)18-9-6-7-10-21(18)29(25,27)28/h6-7,9-13,16H,3-5,8,14-15H2,1-2H3,(H,24,26)/t16-/m1/s1. The largest absolute Gasteiger partial charge is 0.354 e. The fourth-order valence-electron chi connectivity index (χ4n) is 3.66. The molecule has 1 amide bonds. The number of hydrogen-bond donors (Lipinski definition) is 1. The molecule has 0 saturated heterocycles. The molecule has 0 fully saturated rings. The van der Waals surface area contributed by atoms with Gasteiger partial charge in [0.2, 0.25) is 5.91 Å². The van der Waals surface area contributed by atoms with Gasteiger partial charge in [-0.15, -0.1) is 0 Å². The van der Waals surface area contributed by atoms with E-state index in [1.165, 1.54) is 24.3 Å². The summed E-state index contributed by atoms with van der Waals surface area (Å²) in [4.78, 5) is 12.7. The lowest BCUT2D eigenvalue weighted by molar-refractivity contribution is -0.119. The van der Waals surface area contributed by atoms with Gasteiger partial charge in [-0.3, -0.25) is 9.10 Å². The minimum atomic E-state index is -3.91. The van der Waals surface area contributed by atoms with Gasteiger partial charge in [0.1, 0.15) is 12.4 Å². The van der Waals surface area contributed by atoms with Crippen molar-refractivity contribution in [2.24, 2.45) is 5.92 Å². The Morgan fingerprint density at radius 1 is 1.14 bits per heavy atom. The van der Waals surface area contributed by atoms with Crippen molar-refractivity contribution in [2.45, 2.75) is 44.4 Å². The number of fused-ring (bicyclic) bond motifs is 3. The number of hydrogen-bond acceptors (Lipinski definition) is 3. The van der Waals surface area contributed by atoms with Crippen LogP contribution in [0.2, 0.25) is 0 Å². The molecule has 1 aliphatic heterocycles. The van der Waals surface area contributed by atoms with Crippen LogP contribution in [0.15, 0.2) is 47.4 Å². The van der Waals surface area contributed by atoms with E-state index < -0.39 is 15.8 Å². The zero-order valence-corrected chi connectivity index (χ0v) is 17.6. The fourth-order valence-corrected chi connectivity index (χ4v) is 5.31. The van der Waals surface area contributed by atoms with Crippen LogP contribution in [0.3, 0.4) is 0 Å². The van der Waals surface area contributed by atoms with Gasteiger partial charge >= 0.3 is 0 Å². The maximum absolute atomic E-state index is 13.9. The minimum Gasteiger partial charge on any atom is -0.354 e. The zero-order valence-electron chi connectivity index (χ0n) is 16.8. The maximum atomic E-state index is 13.9. The summed E-state index contributed by atoms with van der Waals surface area (Å²) >= 11 is 0. The van der Waals surface area contributed by atoms with Crippen molar-refractivity contribution in [1.29, 1.82) is 0 Å². The first-order chi connectivity index (χ1) is 13.9. The molecule has 0 aromatic heterocycles. The summed E-state index contributed by atoms with van der Waals surface area (Å²) in [6.07, 6.45) is 4.19. The molecule has 2 aromatic rings. The quantitative estimate of drug-likeness (QED) is 0.694. The summed E-state index contributed by atoms with van der Waals surface area (Å²) in [7, 11) is -3.91. The minimum absolute atomic E-state index is 0.0836. The molecule has 7 heteroatoms. The average Bonchev–Trinajstić information content (AvgIpc) is 2.71. The normalized spacial score (nSPS) is 15.3. The molecule has 0 bridgehead atoms. The number of halogens is 1. The van der Waals surface area contributed by atoms with Crippen LogP contribution in [0.1, 0.15) is 39.5 Å². The molecule has 1 heterocycles. The molecule has 2 aromatic carbocycles. The van der Waals surface area contributed by atoms with Gasteiger partial charge in [-0.25, -0.2) is 12.8 Å². The van der Waals surface area contributed by atoms with E-state index in [9.17, 15) is 17.6 Å². The van der Waals surface area contributed by atoms with Crippen LogP contribution in [0.4, 0.5) is 10.1 Å². The molecule has 0 aliphatic carbocycles. The lowest BCUT2D eigenvalue weighted by Crippen LogP contribution is -2.43. The highest BCUT2D eigenvalue weighted by Crippen LogP contribution is 2.42. The molecule has 1 atom stereocenters. The molecule has 1 N–H and O–H groups in total. The second kappa shape index (κ2) is 8.95. The Morgan fingerprint density at radius 3 is 2.62 bits per heavy atom. The van der Waals surface area contributed by atoms with E-state index in [0.29, 0.717) is 29.3 Å². The zero-order chi connectivity index (χ0) is 21.0. The first-order valence-corrected chi connectivity index (χ1v) is 11.5. The van der Waals surface area contributed by atoms with Crippen molar-refractivity contribution in [3.8, 4) is 11.1 Å². The lowest BCUT2D eigenvalue weighted by Gasteiger charge is -2.31. The Hall–Kier alpha value is -2.41. The molecule has 156 valence electrons. The van der Waals surface area contributed by atoms with Crippen molar-refractivity contribution >= 4 is 21.6 Å². The smallest absolute Gasteiger partial charge is 0.265 e. The third-order valence-corrected chi connectivity index (χ3v) is 7.21. The van der Waals surface area contributed by atoms with Crippen molar-refractivity contribution < 1.29 is 17.6 Å². The average molecular weight is 419 g/mol. The number of rotatable bonds is 8. The summed E-state index contributed by atoms with van der Waals surface area (Å²) in [5.41, 5.74) is 1.24. The van der Waals surface area contributed by atoms with Crippen LogP contribution in [0.25, 0.3) is 11.1 Å². The third kappa shape index (κ3) is 4.45. The number of unbranched alkanes of at least 4 members (excludes halogenated alkanes) is 1. The van der Waals surface area contributed by atoms with Crippen LogP contribution in [-0.4, -0.2) is 27.4 Å². The van der Waals surface area contributed by atoms with Crippen molar-refractivity contribution in [3.05, 3.63) is 48.3 Å². The number of benzene rings is 2. The summed E-state index contributed by atoms with van der Waals surface area (Å²) in [5, 5.41) is 2.87. The van der Waals surface area contributed by atoms with E-state index in [1.807, 2.05) is 0 Å².